The van der Waals surface area contributed by atoms with Gasteiger partial charge in [0.25, 0.3) is 0 Å². The zero-order valence-corrected chi connectivity index (χ0v) is 14.0. The standard InChI is InChI=1S/C14H17BrN2O3.ClH/c1-20-13(18)6-12(9-3-2-4-11(15)5-9)17-14(19)10-7-16-8-10;/h2-5,10,12,16H,6-8H2,1H3,(H,17,19);1H. The molecule has 0 aliphatic carbocycles. The molecule has 1 aromatic carbocycles. The first-order valence-electron chi connectivity index (χ1n) is 6.43. The maximum Gasteiger partial charge on any atom is 0.307 e. The van der Waals surface area contributed by atoms with Crippen LogP contribution in [0.4, 0.5) is 0 Å². The molecule has 1 aliphatic heterocycles. The quantitative estimate of drug-likeness (QED) is 0.768. The Balaban J connectivity index is 0.00000220. The SMILES string of the molecule is COC(=O)CC(NC(=O)C1CNC1)c1cccc(Br)c1.Cl. The number of hydrogen-bond acceptors (Lipinski definition) is 4. The van der Waals surface area contributed by atoms with Crippen LogP contribution < -0.4 is 10.6 Å². The van der Waals surface area contributed by atoms with Gasteiger partial charge in [0, 0.05) is 17.6 Å². The summed E-state index contributed by atoms with van der Waals surface area (Å²) in [4.78, 5) is 23.6. The van der Waals surface area contributed by atoms with Crippen molar-refractivity contribution in [3.8, 4) is 0 Å². The van der Waals surface area contributed by atoms with Gasteiger partial charge in [0.05, 0.1) is 25.5 Å². The molecule has 21 heavy (non-hydrogen) atoms. The van der Waals surface area contributed by atoms with Crippen LogP contribution in [-0.4, -0.2) is 32.1 Å². The highest BCUT2D eigenvalue weighted by molar-refractivity contribution is 9.10. The molecule has 0 saturated carbocycles. The monoisotopic (exact) mass is 376 g/mol. The smallest absolute Gasteiger partial charge is 0.307 e. The Kier molecular flexibility index (Phi) is 7.14. The Hall–Kier alpha value is -1.11. The van der Waals surface area contributed by atoms with Gasteiger partial charge in [0.2, 0.25) is 5.91 Å². The molecular weight excluding hydrogens is 360 g/mol. The maximum atomic E-state index is 12.0. The van der Waals surface area contributed by atoms with Crippen LogP contribution in [0.5, 0.6) is 0 Å². The molecule has 1 unspecified atom stereocenters. The van der Waals surface area contributed by atoms with Crippen LogP contribution >= 0.6 is 28.3 Å². The summed E-state index contributed by atoms with van der Waals surface area (Å²) in [6, 6.07) is 7.19. The molecule has 116 valence electrons. The Bertz CT molecular complexity index is 509. The first-order chi connectivity index (χ1) is 9.60. The molecule has 0 bridgehead atoms. The number of rotatable bonds is 5. The molecule has 1 heterocycles. The molecule has 5 nitrogen and oxygen atoms in total. The van der Waals surface area contributed by atoms with Crippen molar-refractivity contribution in [2.75, 3.05) is 20.2 Å². The first-order valence-corrected chi connectivity index (χ1v) is 7.23. The van der Waals surface area contributed by atoms with Crippen molar-refractivity contribution in [2.24, 2.45) is 5.92 Å². The lowest BCUT2D eigenvalue weighted by molar-refractivity contribution is -0.141. The number of methoxy groups -OCH3 is 1. The summed E-state index contributed by atoms with van der Waals surface area (Å²) < 4.78 is 5.61. The van der Waals surface area contributed by atoms with Crippen LogP contribution in [0.25, 0.3) is 0 Å². The number of carbonyl (C=O) groups is 2. The fraction of sp³-hybridized carbons (Fsp3) is 0.429. The van der Waals surface area contributed by atoms with Crippen molar-refractivity contribution in [1.29, 1.82) is 0 Å². The minimum absolute atomic E-state index is 0. The van der Waals surface area contributed by atoms with Gasteiger partial charge in [-0.2, -0.15) is 0 Å². The lowest BCUT2D eigenvalue weighted by Gasteiger charge is -2.28. The number of esters is 1. The molecular formula is C14H18BrClN2O3. The topological polar surface area (TPSA) is 67.4 Å². The van der Waals surface area contributed by atoms with Crippen molar-refractivity contribution >= 4 is 40.2 Å². The second-order valence-electron chi connectivity index (χ2n) is 4.75. The zero-order chi connectivity index (χ0) is 14.5. The average Bonchev–Trinajstić information content (AvgIpc) is 2.35. The van der Waals surface area contributed by atoms with E-state index in [9.17, 15) is 9.59 Å². The number of benzene rings is 1. The van der Waals surface area contributed by atoms with Crippen molar-refractivity contribution in [1.82, 2.24) is 10.6 Å². The largest absolute Gasteiger partial charge is 0.469 e. The Morgan fingerprint density at radius 3 is 2.71 bits per heavy atom. The van der Waals surface area contributed by atoms with Gasteiger partial charge in [-0.25, -0.2) is 0 Å². The molecule has 1 saturated heterocycles. The number of ether oxygens (including phenoxy) is 1. The third-order valence-electron chi connectivity index (χ3n) is 3.32. The van der Waals surface area contributed by atoms with Crippen molar-refractivity contribution in [2.45, 2.75) is 12.5 Å². The number of hydrogen-bond donors (Lipinski definition) is 2. The van der Waals surface area contributed by atoms with Crippen LogP contribution in [0.3, 0.4) is 0 Å². The van der Waals surface area contributed by atoms with Crippen LogP contribution in [-0.2, 0) is 14.3 Å². The molecule has 0 spiro atoms. The van der Waals surface area contributed by atoms with Gasteiger partial charge >= 0.3 is 5.97 Å². The van der Waals surface area contributed by atoms with E-state index in [4.69, 9.17) is 4.74 Å². The maximum absolute atomic E-state index is 12.0. The van der Waals surface area contributed by atoms with Crippen LogP contribution in [0.1, 0.15) is 18.0 Å². The third-order valence-corrected chi connectivity index (χ3v) is 3.81. The lowest BCUT2D eigenvalue weighted by atomic mass is 9.99. The van der Waals surface area contributed by atoms with E-state index in [1.165, 1.54) is 7.11 Å². The summed E-state index contributed by atoms with van der Waals surface area (Å²) in [5.74, 6) is -0.387. The van der Waals surface area contributed by atoms with E-state index in [2.05, 4.69) is 26.6 Å². The van der Waals surface area contributed by atoms with Gasteiger partial charge in [-0.1, -0.05) is 28.1 Å². The summed E-state index contributed by atoms with van der Waals surface area (Å²) in [7, 11) is 1.35. The van der Waals surface area contributed by atoms with Crippen LogP contribution in [0, 0.1) is 5.92 Å². The van der Waals surface area contributed by atoms with Gasteiger partial charge in [-0.3, -0.25) is 9.59 Å². The fourth-order valence-electron chi connectivity index (χ4n) is 1.99. The summed E-state index contributed by atoms with van der Waals surface area (Å²) >= 11 is 3.39. The zero-order valence-electron chi connectivity index (χ0n) is 11.6. The Labute approximate surface area is 138 Å². The summed E-state index contributed by atoms with van der Waals surface area (Å²) in [6.07, 6.45) is 0.124. The second-order valence-corrected chi connectivity index (χ2v) is 5.67. The average molecular weight is 378 g/mol. The van der Waals surface area contributed by atoms with Crippen molar-refractivity contribution < 1.29 is 14.3 Å². The van der Waals surface area contributed by atoms with Crippen molar-refractivity contribution in [3.05, 3.63) is 34.3 Å². The highest BCUT2D eigenvalue weighted by Gasteiger charge is 2.28. The molecule has 1 fully saturated rings. The van der Waals surface area contributed by atoms with E-state index in [1.54, 1.807) is 0 Å². The predicted molar refractivity (Wildman–Crippen MR) is 85.3 cm³/mol. The van der Waals surface area contributed by atoms with Crippen LogP contribution in [0.2, 0.25) is 0 Å². The fourth-order valence-corrected chi connectivity index (χ4v) is 2.41. The third kappa shape index (κ3) is 4.98. The van der Waals surface area contributed by atoms with E-state index in [0.717, 1.165) is 10.0 Å². The van der Waals surface area contributed by atoms with E-state index in [-0.39, 0.29) is 42.7 Å². The highest BCUT2D eigenvalue weighted by Crippen LogP contribution is 2.22. The van der Waals surface area contributed by atoms with Gasteiger partial charge in [0.15, 0.2) is 0 Å². The first kappa shape index (κ1) is 17.9. The molecule has 0 radical (unpaired) electrons. The summed E-state index contributed by atoms with van der Waals surface area (Å²) in [5, 5.41) is 5.98. The van der Waals surface area contributed by atoms with E-state index < -0.39 is 0 Å². The molecule has 1 aliphatic rings. The van der Waals surface area contributed by atoms with Gasteiger partial charge in [-0.15, -0.1) is 12.4 Å². The van der Waals surface area contributed by atoms with Crippen LogP contribution in [0.15, 0.2) is 28.7 Å². The van der Waals surface area contributed by atoms with Gasteiger partial charge in [0.1, 0.15) is 0 Å². The minimum atomic E-state index is -0.368. The van der Waals surface area contributed by atoms with Gasteiger partial charge in [-0.05, 0) is 17.7 Å². The number of amides is 1. The number of halogens is 2. The Morgan fingerprint density at radius 1 is 1.48 bits per heavy atom. The molecule has 7 heteroatoms. The molecule has 2 N–H and O–H groups in total. The van der Waals surface area contributed by atoms with E-state index in [1.807, 2.05) is 24.3 Å². The van der Waals surface area contributed by atoms with Gasteiger partial charge < -0.3 is 15.4 Å². The normalized spacial score (nSPS) is 15.3. The summed E-state index contributed by atoms with van der Waals surface area (Å²) in [6.45, 7) is 1.38. The van der Waals surface area contributed by atoms with E-state index >= 15 is 0 Å². The summed E-state index contributed by atoms with van der Waals surface area (Å²) in [5.41, 5.74) is 0.880. The van der Waals surface area contributed by atoms with Crippen molar-refractivity contribution in [3.63, 3.8) is 0 Å². The predicted octanol–water partition coefficient (Wildman–Crippen LogP) is 1.81. The van der Waals surface area contributed by atoms with E-state index in [0.29, 0.717) is 13.1 Å². The molecule has 1 atom stereocenters. The molecule has 1 amide bonds. The lowest BCUT2D eigenvalue weighted by Crippen LogP contribution is -2.51. The minimum Gasteiger partial charge on any atom is -0.469 e. The molecule has 0 aromatic heterocycles. The second kappa shape index (κ2) is 8.36. The highest BCUT2D eigenvalue weighted by atomic mass is 79.9. The molecule has 1 aromatic rings. The molecule has 2 rings (SSSR count). The Morgan fingerprint density at radius 2 is 2.19 bits per heavy atom. The number of carbonyl (C=O) groups excluding carboxylic acids is 2. The number of nitrogens with one attached hydrogen (secondary N) is 2.